The number of nitrogens with zero attached hydrogens (tertiary/aromatic N) is 2. The van der Waals surface area contributed by atoms with Gasteiger partial charge in [-0.25, -0.2) is 4.79 Å². The van der Waals surface area contributed by atoms with Gasteiger partial charge in [-0.15, -0.1) is 5.06 Å². The number of aromatic amines is 1. The van der Waals surface area contributed by atoms with Gasteiger partial charge in [-0.2, -0.15) is 0 Å². The smallest absolute Gasteiger partial charge is 0.361 e. The van der Waals surface area contributed by atoms with E-state index in [2.05, 4.69) is 65.8 Å². The van der Waals surface area contributed by atoms with E-state index < -0.39 is 0 Å². The summed E-state index contributed by atoms with van der Waals surface area (Å²) in [4.78, 5) is 24.2. The summed E-state index contributed by atoms with van der Waals surface area (Å²) >= 11 is 6.24. The van der Waals surface area contributed by atoms with Crippen molar-refractivity contribution in [2.45, 2.75) is 56.0 Å². The van der Waals surface area contributed by atoms with Crippen LogP contribution < -0.4 is 5.32 Å². The van der Waals surface area contributed by atoms with Crippen LogP contribution in [0.4, 0.5) is 4.79 Å². The fraction of sp³-hybridized carbons (Fsp3) is 0.464. The average molecular weight is 495 g/mol. The number of halogens is 1. The van der Waals surface area contributed by atoms with Gasteiger partial charge in [0.25, 0.3) is 0 Å². The molecule has 0 bridgehead atoms. The Bertz CT molecular complexity index is 1150. The summed E-state index contributed by atoms with van der Waals surface area (Å²) in [6.07, 6.45) is 7.65. The topological polar surface area (TPSA) is 60.6 Å². The molecule has 5 rings (SSSR count). The van der Waals surface area contributed by atoms with Crippen LogP contribution in [0.1, 0.15) is 55.6 Å². The van der Waals surface area contributed by atoms with E-state index in [1.54, 1.807) is 0 Å². The highest BCUT2D eigenvalue weighted by Crippen LogP contribution is 2.41. The molecule has 1 unspecified atom stereocenters. The molecule has 1 aromatic heterocycles. The number of rotatable bonds is 5. The Morgan fingerprint density at radius 1 is 1.14 bits per heavy atom. The van der Waals surface area contributed by atoms with Crippen LogP contribution in [0.3, 0.4) is 0 Å². The number of amides is 1. The summed E-state index contributed by atoms with van der Waals surface area (Å²) in [5.74, 6) is 0.296. The zero-order valence-electron chi connectivity index (χ0n) is 20.6. The SMILES string of the molecule is CN(C)C1(c2ccccc2)CCC(NC(=O)ON2CCCC(c3c[nH]c4ccc(Cl)cc34)C2)CC1. The molecular formula is C28H35ClN4O2. The maximum absolute atomic E-state index is 12.8. The van der Waals surface area contributed by atoms with Crippen molar-refractivity contribution in [3.8, 4) is 0 Å². The number of fused-ring (bicyclic) bond motifs is 1. The first kappa shape index (κ1) is 24.2. The lowest BCUT2D eigenvalue weighted by Crippen LogP contribution is -2.49. The number of piperidine rings is 1. The van der Waals surface area contributed by atoms with Crippen molar-refractivity contribution in [1.82, 2.24) is 20.3 Å². The second-order valence-electron chi connectivity index (χ2n) is 10.3. The second kappa shape index (κ2) is 10.2. The first-order chi connectivity index (χ1) is 16.9. The van der Waals surface area contributed by atoms with Crippen molar-refractivity contribution >= 4 is 28.6 Å². The lowest BCUT2D eigenvalue weighted by Gasteiger charge is -2.45. The molecule has 2 heterocycles. The van der Waals surface area contributed by atoms with Crippen molar-refractivity contribution in [2.24, 2.45) is 0 Å². The van der Waals surface area contributed by atoms with E-state index >= 15 is 0 Å². The quantitative estimate of drug-likeness (QED) is 0.454. The molecule has 35 heavy (non-hydrogen) atoms. The third-order valence-corrected chi connectivity index (χ3v) is 8.25. The summed E-state index contributed by atoms with van der Waals surface area (Å²) in [6, 6.07) is 16.8. The van der Waals surface area contributed by atoms with E-state index in [-0.39, 0.29) is 17.7 Å². The number of carbonyl (C=O) groups excluding carboxylic acids is 1. The van der Waals surface area contributed by atoms with Crippen LogP contribution >= 0.6 is 11.6 Å². The zero-order chi connectivity index (χ0) is 24.4. The number of aromatic nitrogens is 1. The van der Waals surface area contributed by atoms with Gasteiger partial charge in [-0.3, -0.25) is 4.90 Å². The highest BCUT2D eigenvalue weighted by atomic mass is 35.5. The Labute approximate surface area is 212 Å². The maximum Gasteiger partial charge on any atom is 0.426 e. The predicted molar refractivity (Wildman–Crippen MR) is 141 cm³/mol. The molecule has 2 aliphatic rings. The first-order valence-corrected chi connectivity index (χ1v) is 13.1. The molecule has 2 N–H and O–H groups in total. The van der Waals surface area contributed by atoms with E-state index in [1.165, 1.54) is 11.1 Å². The summed E-state index contributed by atoms with van der Waals surface area (Å²) in [6.45, 7) is 1.45. The largest absolute Gasteiger partial charge is 0.426 e. The third-order valence-electron chi connectivity index (χ3n) is 8.01. The molecule has 0 spiro atoms. The molecule has 1 aliphatic heterocycles. The Morgan fingerprint density at radius 3 is 2.66 bits per heavy atom. The van der Waals surface area contributed by atoms with Crippen LogP contribution in [0, 0.1) is 0 Å². The fourth-order valence-electron chi connectivity index (χ4n) is 6.02. The second-order valence-corrected chi connectivity index (χ2v) is 10.7. The molecule has 186 valence electrons. The maximum atomic E-state index is 12.8. The van der Waals surface area contributed by atoms with Crippen LogP contribution in [0.25, 0.3) is 10.9 Å². The number of hydroxylamine groups is 2. The Balaban J connectivity index is 1.17. The Kier molecular flexibility index (Phi) is 7.05. The average Bonchev–Trinajstić information content (AvgIpc) is 3.28. The molecule has 1 atom stereocenters. The number of benzene rings is 2. The number of H-pyrrole nitrogens is 1. The highest BCUT2D eigenvalue weighted by molar-refractivity contribution is 6.31. The minimum Gasteiger partial charge on any atom is -0.361 e. The molecule has 6 nitrogen and oxygen atoms in total. The number of hydrogen-bond acceptors (Lipinski definition) is 4. The molecule has 1 amide bonds. The minimum absolute atomic E-state index is 0.0195. The fourth-order valence-corrected chi connectivity index (χ4v) is 6.20. The van der Waals surface area contributed by atoms with Gasteiger partial charge < -0.3 is 15.1 Å². The van der Waals surface area contributed by atoms with Gasteiger partial charge in [-0.05, 0) is 81.9 Å². The van der Waals surface area contributed by atoms with E-state index in [0.29, 0.717) is 12.5 Å². The van der Waals surface area contributed by atoms with Gasteiger partial charge in [-0.1, -0.05) is 41.9 Å². The highest BCUT2D eigenvalue weighted by Gasteiger charge is 2.39. The molecule has 1 saturated carbocycles. The Hall–Kier alpha value is -2.54. The van der Waals surface area contributed by atoms with E-state index in [4.69, 9.17) is 16.4 Å². The number of carbonyl (C=O) groups is 1. The summed E-state index contributed by atoms with van der Waals surface area (Å²) < 4.78 is 0. The van der Waals surface area contributed by atoms with E-state index in [9.17, 15) is 4.79 Å². The van der Waals surface area contributed by atoms with Crippen molar-refractivity contribution in [2.75, 3.05) is 27.2 Å². The first-order valence-electron chi connectivity index (χ1n) is 12.7. The third kappa shape index (κ3) is 5.06. The van der Waals surface area contributed by atoms with Gasteiger partial charge in [0.05, 0.1) is 0 Å². The minimum atomic E-state index is -0.338. The molecule has 2 aromatic carbocycles. The van der Waals surface area contributed by atoms with Crippen molar-refractivity contribution in [1.29, 1.82) is 0 Å². The monoisotopic (exact) mass is 494 g/mol. The van der Waals surface area contributed by atoms with Crippen LogP contribution in [0.5, 0.6) is 0 Å². The summed E-state index contributed by atoms with van der Waals surface area (Å²) in [5, 5.41) is 6.85. The van der Waals surface area contributed by atoms with Gasteiger partial charge >= 0.3 is 6.09 Å². The van der Waals surface area contributed by atoms with Crippen LogP contribution in [0.15, 0.2) is 54.7 Å². The lowest BCUT2D eigenvalue weighted by molar-refractivity contribution is -0.116. The normalized spacial score (nSPS) is 25.6. The molecule has 7 heteroatoms. The Morgan fingerprint density at radius 2 is 1.91 bits per heavy atom. The van der Waals surface area contributed by atoms with Crippen molar-refractivity contribution < 1.29 is 9.63 Å². The van der Waals surface area contributed by atoms with Gasteiger partial charge in [0.1, 0.15) is 0 Å². The standard InChI is InChI=1S/C28H35ClN4O2/c1-32(2)28(21-8-4-3-5-9-21)14-12-23(13-15-28)31-27(34)35-33-16-6-7-20(19-33)25-18-30-26-11-10-22(29)17-24(25)26/h3-5,8-11,17-18,20,23,30H,6-7,12-16,19H2,1-2H3,(H,31,34). The molecule has 2 fully saturated rings. The molecule has 0 radical (unpaired) electrons. The summed E-state index contributed by atoms with van der Waals surface area (Å²) in [5.41, 5.74) is 3.70. The van der Waals surface area contributed by atoms with Crippen LogP contribution in [0.2, 0.25) is 5.02 Å². The van der Waals surface area contributed by atoms with Crippen LogP contribution in [-0.2, 0) is 10.4 Å². The zero-order valence-corrected chi connectivity index (χ0v) is 21.4. The predicted octanol–water partition coefficient (Wildman–Crippen LogP) is 6.04. The number of nitrogens with one attached hydrogen (secondary N) is 2. The van der Waals surface area contributed by atoms with Gasteiger partial charge in [0, 0.05) is 52.7 Å². The van der Waals surface area contributed by atoms with Gasteiger partial charge in [0.2, 0.25) is 0 Å². The van der Waals surface area contributed by atoms with Gasteiger partial charge in [0.15, 0.2) is 0 Å². The molecular weight excluding hydrogens is 460 g/mol. The van der Waals surface area contributed by atoms with Crippen molar-refractivity contribution in [3.63, 3.8) is 0 Å². The molecule has 1 saturated heterocycles. The molecule has 1 aliphatic carbocycles. The molecule has 3 aromatic rings. The van der Waals surface area contributed by atoms with E-state index in [1.807, 2.05) is 23.3 Å². The summed E-state index contributed by atoms with van der Waals surface area (Å²) in [7, 11) is 4.31. The van der Waals surface area contributed by atoms with Crippen molar-refractivity contribution in [3.05, 3.63) is 70.9 Å². The lowest BCUT2D eigenvalue weighted by atomic mass is 9.74. The van der Waals surface area contributed by atoms with E-state index in [0.717, 1.165) is 61.0 Å². The van der Waals surface area contributed by atoms with Crippen LogP contribution in [-0.4, -0.2) is 54.3 Å². The number of hydrogen-bond donors (Lipinski definition) is 2.